The fraction of sp³-hybridized carbons (Fsp3) is 0.455. The van der Waals surface area contributed by atoms with Crippen molar-refractivity contribution in [2.24, 2.45) is 0 Å². The Labute approximate surface area is 98.9 Å². The topological polar surface area (TPSA) is 53.4 Å². The van der Waals surface area contributed by atoms with Gasteiger partial charge in [-0.3, -0.25) is 0 Å². The van der Waals surface area contributed by atoms with E-state index in [9.17, 15) is 4.79 Å². The van der Waals surface area contributed by atoms with Crippen LogP contribution in [0.1, 0.15) is 30.1 Å². The van der Waals surface area contributed by atoms with Gasteiger partial charge in [0.25, 0.3) is 0 Å². The third-order valence-electron chi connectivity index (χ3n) is 2.69. The first kappa shape index (κ1) is 11.2. The molecule has 0 atom stereocenters. The number of carboxylic acid groups (broad SMARTS) is 1. The Morgan fingerprint density at radius 1 is 1.69 bits per heavy atom. The summed E-state index contributed by atoms with van der Waals surface area (Å²) in [6.07, 6.45) is 3.71. The molecule has 2 rings (SSSR count). The highest BCUT2D eigenvalue weighted by molar-refractivity contribution is 6.33. The van der Waals surface area contributed by atoms with Gasteiger partial charge in [-0.2, -0.15) is 0 Å². The Hall–Kier alpha value is -1.29. The number of aromatic carboxylic acids is 1. The van der Waals surface area contributed by atoms with Gasteiger partial charge >= 0.3 is 5.97 Å². The van der Waals surface area contributed by atoms with Gasteiger partial charge in [0, 0.05) is 18.8 Å². The number of anilines is 1. The van der Waals surface area contributed by atoms with Crippen LogP contribution in [0.2, 0.25) is 5.02 Å². The molecule has 1 aliphatic carbocycles. The average molecular weight is 241 g/mol. The lowest BCUT2D eigenvalue weighted by Crippen LogP contribution is -2.26. The molecular weight excluding hydrogens is 228 g/mol. The van der Waals surface area contributed by atoms with Crippen molar-refractivity contribution in [3.63, 3.8) is 0 Å². The lowest BCUT2D eigenvalue weighted by Gasteiger charge is -2.21. The molecule has 86 valence electrons. The fourth-order valence-corrected chi connectivity index (χ4v) is 1.93. The first-order valence-corrected chi connectivity index (χ1v) is 5.66. The van der Waals surface area contributed by atoms with E-state index < -0.39 is 5.97 Å². The van der Waals surface area contributed by atoms with Crippen LogP contribution in [0.15, 0.2) is 12.3 Å². The van der Waals surface area contributed by atoms with Crippen LogP contribution in [0, 0.1) is 0 Å². The molecule has 0 saturated heterocycles. The highest BCUT2D eigenvalue weighted by Crippen LogP contribution is 2.31. The predicted molar refractivity (Wildman–Crippen MR) is 62.2 cm³/mol. The monoisotopic (exact) mass is 240 g/mol. The summed E-state index contributed by atoms with van der Waals surface area (Å²) in [6.45, 7) is 2.87. The number of carboxylic acids is 1. The first-order valence-electron chi connectivity index (χ1n) is 5.29. The van der Waals surface area contributed by atoms with Gasteiger partial charge < -0.3 is 10.0 Å². The molecule has 0 aliphatic heterocycles. The van der Waals surface area contributed by atoms with Gasteiger partial charge in [-0.1, -0.05) is 11.6 Å². The summed E-state index contributed by atoms with van der Waals surface area (Å²) in [5.74, 6) is -0.313. The van der Waals surface area contributed by atoms with Crippen LogP contribution in [-0.4, -0.2) is 28.6 Å². The number of rotatable bonds is 4. The van der Waals surface area contributed by atoms with Crippen molar-refractivity contribution in [1.29, 1.82) is 0 Å². The molecule has 1 heterocycles. The summed E-state index contributed by atoms with van der Waals surface area (Å²) in [5, 5.41) is 9.15. The van der Waals surface area contributed by atoms with E-state index in [0.29, 0.717) is 11.9 Å². The van der Waals surface area contributed by atoms with Crippen LogP contribution >= 0.6 is 11.6 Å². The normalized spacial score (nSPS) is 14.9. The second kappa shape index (κ2) is 4.29. The molecule has 0 radical (unpaired) electrons. The molecular formula is C11H13ClN2O2. The standard InChI is InChI=1S/C11H13ClN2O2/c1-2-14(7-3-4-7)10-5-8(11(15)16)9(12)6-13-10/h5-7H,2-4H2,1H3,(H,15,16). The number of halogens is 1. The molecule has 1 fully saturated rings. The molecule has 1 aliphatic rings. The number of hydrogen-bond acceptors (Lipinski definition) is 3. The van der Waals surface area contributed by atoms with Crippen LogP contribution in [-0.2, 0) is 0 Å². The molecule has 1 N–H and O–H groups in total. The summed E-state index contributed by atoms with van der Waals surface area (Å²) in [5.41, 5.74) is 0.116. The van der Waals surface area contributed by atoms with Gasteiger partial charge in [-0.15, -0.1) is 0 Å². The summed E-state index contributed by atoms with van der Waals surface area (Å²) >= 11 is 5.77. The van der Waals surface area contributed by atoms with Crippen molar-refractivity contribution >= 4 is 23.4 Å². The zero-order chi connectivity index (χ0) is 11.7. The maximum atomic E-state index is 10.9. The number of hydrogen-bond donors (Lipinski definition) is 1. The number of pyridine rings is 1. The van der Waals surface area contributed by atoms with Gasteiger partial charge in [0.15, 0.2) is 0 Å². The summed E-state index contributed by atoms with van der Waals surface area (Å²) in [6, 6.07) is 2.06. The van der Waals surface area contributed by atoms with Crippen molar-refractivity contribution in [2.75, 3.05) is 11.4 Å². The quantitative estimate of drug-likeness (QED) is 0.878. The molecule has 0 spiro atoms. The zero-order valence-corrected chi connectivity index (χ0v) is 9.74. The summed E-state index contributed by atoms with van der Waals surface area (Å²) < 4.78 is 0. The Morgan fingerprint density at radius 2 is 2.38 bits per heavy atom. The van der Waals surface area contributed by atoms with E-state index in [1.54, 1.807) is 6.07 Å². The van der Waals surface area contributed by atoms with Crippen molar-refractivity contribution in [3.05, 3.63) is 22.8 Å². The van der Waals surface area contributed by atoms with Crippen molar-refractivity contribution < 1.29 is 9.90 Å². The van der Waals surface area contributed by atoms with Crippen LogP contribution in [0.5, 0.6) is 0 Å². The van der Waals surface area contributed by atoms with Gasteiger partial charge in [-0.05, 0) is 25.8 Å². The van der Waals surface area contributed by atoms with Crippen LogP contribution in [0.25, 0.3) is 0 Å². The molecule has 1 aromatic heterocycles. The predicted octanol–water partition coefficient (Wildman–Crippen LogP) is 2.42. The largest absolute Gasteiger partial charge is 0.478 e. The number of carbonyl (C=O) groups is 1. The minimum atomic E-state index is -1.01. The van der Waals surface area contributed by atoms with Gasteiger partial charge in [0.2, 0.25) is 0 Å². The molecule has 1 aromatic rings. The minimum absolute atomic E-state index is 0.116. The molecule has 1 saturated carbocycles. The number of aromatic nitrogens is 1. The van der Waals surface area contributed by atoms with E-state index in [1.165, 1.54) is 6.20 Å². The van der Waals surface area contributed by atoms with Crippen molar-refractivity contribution in [2.45, 2.75) is 25.8 Å². The van der Waals surface area contributed by atoms with Gasteiger partial charge in [0.05, 0.1) is 10.6 Å². The highest BCUT2D eigenvalue weighted by Gasteiger charge is 2.29. The molecule has 0 aromatic carbocycles. The van der Waals surface area contributed by atoms with Crippen molar-refractivity contribution in [3.8, 4) is 0 Å². The molecule has 4 nitrogen and oxygen atoms in total. The summed E-state index contributed by atoms with van der Waals surface area (Å²) in [7, 11) is 0. The SMILES string of the molecule is CCN(c1cc(C(=O)O)c(Cl)cn1)C1CC1. The maximum absolute atomic E-state index is 10.9. The van der Waals surface area contributed by atoms with E-state index in [1.807, 2.05) is 6.92 Å². The Kier molecular flexibility index (Phi) is 3.01. The van der Waals surface area contributed by atoms with E-state index in [4.69, 9.17) is 16.7 Å². The van der Waals surface area contributed by atoms with Crippen LogP contribution < -0.4 is 4.90 Å². The van der Waals surface area contributed by atoms with Crippen molar-refractivity contribution in [1.82, 2.24) is 4.98 Å². The first-order chi connectivity index (χ1) is 7.63. The average Bonchev–Trinajstić information content (AvgIpc) is 3.05. The van der Waals surface area contributed by atoms with Gasteiger partial charge in [-0.25, -0.2) is 9.78 Å². The fourth-order valence-electron chi connectivity index (χ4n) is 1.74. The second-order valence-corrected chi connectivity index (χ2v) is 4.25. The Bertz CT molecular complexity index is 418. The van der Waals surface area contributed by atoms with E-state index >= 15 is 0 Å². The molecule has 0 bridgehead atoms. The zero-order valence-electron chi connectivity index (χ0n) is 8.98. The third kappa shape index (κ3) is 2.11. The highest BCUT2D eigenvalue weighted by atomic mass is 35.5. The Balaban J connectivity index is 2.33. The second-order valence-electron chi connectivity index (χ2n) is 3.84. The summed E-state index contributed by atoms with van der Waals surface area (Å²) in [4.78, 5) is 17.2. The smallest absolute Gasteiger partial charge is 0.337 e. The van der Waals surface area contributed by atoms with E-state index in [0.717, 1.165) is 19.4 Å². The van der Waals surface area contributed by atoms with E-state index in [2.05, 4.69) is 9.88 Å². The molecule has 16 heavy (non-hydrogen) atoms. The molecule has 0 unspecified atom stereocenters. The lowest BCUT2D eigenvalue weighted by molar-refractivity contribution is 0.0697. The number of nitrogens with zero attached hydrogens (tertiary/aromatic N) is 2. The minimum Gasteiger partial charge on any atom is -0.478 e. The van der Waals surface area contributed by atoms with Gasteiger partial charge in [0.1, 0.15) is 5.82 Å². The molecule has 5 heteroatoms. The van der Waals surface area contributed by atoms with E-state index in [-0.39, 0.29) is 10.6 Å². The maximum Gasteiger partial charge on any atom is 0.337 e. The molecule has 0 amide bonds. The van der Waals surface area contributed by atoms with Crippen LogP contribution in [0.4, 0.5) is 5.82 Å². The Morgan fingerprint density at radius 3 is 2.88 bits per heavy atom. The third-order valence-corrected chi connectivity index (χ3v) is 3.00. The van der Waals surface area contributed by atoms with Crippen LogP contribution in [0.3, 0.4) is 0 Å². The lowest BCUT2D eigenvalue weighted by atomic mass is 10.2.